The summed E-state index contributed by atoms with van der Waals surface area (Å²) in [6, 6.07) is 5.03. The van der Waals surface area contributed by atoms with Crippen LogP contribution in [0.25, 0.3) is 0 Å². The van der Waals surface area contributed by atoms with Crippen molar-refractivity contribution in [2.45, 2.75) is 17.0 Å². The molecule has 0 radical (unpaired) electrons. The lowest BCUT2D eigenvalue weighted by Crippen LogP contribution is -1.94. The van der Waals surface area contributed by atoms with Crippen LogP contribution in [0.15, 0.2) is 22.5 Å². The van der Waals surface area contributed by atoms with Gasteiger partial charge in [-0.05, 0) is 13.0 Å². The molecule has 0 aliphatic heterocycles. The summed E-state index contributed by atoms with van der Waals surface area (Å²) < 4.78 is 14.4. The molecule has 0 atom stereocenters. The molecule has 0 amide bonds. The van der Waals surface area contributed by atoms with Crippen molar-refractivity contribution >= 4 is 28.8 Å². The van der Waals surface area contributed by atoms with Crippen molar-refractivity contribution in [3.8, 4) is 0 Å². The summed E-state index contributed by atoms with van der Waals surface area (Å²) in [6.07, 6.45) is 0. The molecule has 0 saturated carbocycles. The van der Waals surface area contributed by atoms with Crippen molar-refractivity contribution in [2.24, 2.45) is 0 Å². The molecule has 2 N–H and O–H groups in total. The molecule has 0 spiro atoms. The van der Waals surface area contributed by atoms with E-state index in [2.05, 4.69) is 10.2 Å². The van der Waals surface area contributed by atoms with Gasteiger partial charge in [-0.3, -0.25) is 0 Å². The molecule has 1 heterocycles. The van der Waals surface area contributed by atoms with Gasteiger partial charge >= 0.3 is 0 Å². The van der Waals surface area contributed by atoms with Crippen molar-refractivity contribution in [1.82, 2.24) is 10.2 Å². The number of aryl methyl sites for hydroxylation is 1. The molecule has 3 nitrogen and oxygen atoms in total. The van der Waals surface area contributed by atoms with Crippen molar-refractivity contribution < 1.29 is 4.39 Å². The van der Waals surface area contributed by atoms with Crippen LogP contribution in [0.5, 0.6) is 0 Å². The second-order valence-corrected chi connectivity index (χ2v) is 5.60. The predicted octanol–water partition coefficient (Wildman–Crippen LogP) is 2.86. The van der Waals surface area contributed by atoms with Crippen LogP contribution in [-0.4, -0.2) is 10.2 Å². The number of nitrogens with zero attached hydrogens (tertiary/aromatic N) is 2. The number of nitrogens with two attached hydrogens (primary N) is 1. The first kappa shape index (κ1) is 11.3. The molecule has 0 bridgehead atoms. The molecule has 0 aliphatic carbocycles. The summed E-state index contributed by atoms with van der Waals surface area (Å²) in [4.78, 5) is 0. The maximum Gasteiger partial charge on any atom is 0.174 e. The standard InChI is InChI=1S/C10H10FN3S2/c1-6-13-14-10(16-6)15-5-7-3-2-4-8(12)9(7)11/h2-4H,5,12H2,1H3. The molecule has 6 heteroatoms. The summed E-state index contributed by atoms with van der Waals surface area (Å²) in [5.41, 5.74) is 6.27. The Kier molecular flexibility index (Phi) is 3.40. The number of anilines is 1. The summed E-state index contributed by atoms with van der Waals surface area (Å²) in [6.45, 7) is 1.89. The van der Waals surface area contributed by atoms with Gasteiger partial charge in [0.15, 0.2) is 4.34 Å². The number of halogens is 1. The fraction of sp³-hybridized carbons (Fsp3) is 0.200. The SMILES string of the molecule is Cc1nnc(SCc2cccc(N)c2F)s1. The van der Waals surface area contributed by atoms with E-state index in [1.54, 1.807) is 18.2 Å². The highest BCUT2D eigenvalue weighted by Crippen LogP contribution is 2.27. The minimum Gasteiger partial charge on any atom is -0.396 e. The zero-order valence-electron chi connectivity index (χ0n) is 8.61. The molecule has 2 aromatic rings. The first-order valence-electron chi connectivity index (χ1n) is 4.62. The van der Waals surface area contributed by atoms with Crippen LogP contribution in [0.1, 0.15) is 10.6 Å². The van der Waals surface area contributed by atoms with E-state index in [0.717, 1.165) is 9.35 Å². The minimum absolute atomic E-state index is 0.187. The molecule has 0 saturated heterocycles. The van der Waals surface area contributed by atoms with Crippen LogP contribution in [0, 0.1) is 12.7 Å². The van der Waals surface area contributed by atoms with Gasteiger partial charge in [0.2, 0.25) is 0 Å². The lowest BCUT2D eigenvalue weighted by atomic mass is 10.2. The first-order chi connectivity index (χ1) is 7.66. The highest BCUT2D eigenvalue weighted by atomic mass is 32.2. The van der Waals surface area contributed by atoms with E-state index >= 15 is 0 Å². The topological polar surface area (TPSA) is 51.8 Å². The summed E-state index contributed by atoms with van der Waals surface area (Å²) in [5, 5.41) is 8.77. The van der Waals surface area contributed by atoms with E-state index in [0.29, 0.717) is 11.3 Å². The molecule has 1 aromatic carbocycles. The van der Waals surface area contributed by atoms with Gasteiger partial charge in [-0.1, -0.05) is 35.2 Å². The second-order valence-electron chi connectivity index (χ2n) is 3.20. The Morgan fingerprint density at radius 1 is 1.44 bits per heavy atom. The zero-order valence-corrected chi connectivity index (χ0v) is 10.2. The van der Waals surface area contributed by atoms with Crippen LogP contribution in [0.2, 0.25) is 0 Å². The van der Waals surface area contributed by atoms with E-state index in [4.69, 9.17) is 5.73 Å². The molecule has 2 rings (SSSR count). The molecule has 84 valence electrons. The van der Waals surface area contributed by atoms with Gasteiger partial charge in [0, 0.05) is 11.3 Å². The fourth-order valence-corrected chi connectivity index (χ4v) is 2.98. The Balaban J connectivity index is 2.07. The number of benzene rings is 1. The summed E-state index contributed by atoms with van der Waals surface area (Å²) in [5.74, 6) is 0.183. The number of rotatable bonds is 3. The fourth-order valence-electron chi connectivity index (χ4n) is 1.19. The van der Waals surface area contributed by atoms with Crippen LogP contribution in [0.4, 0.5) is 10.1 Å². The minimum atomic E-state index is -0.337. The zero-order chi connectivity index (χ0) is 11.5. The normalized spacial score (nSPS) is 10.6. The van der Waals surface area contributed by atoms with Gasteiger partial charge in [0.05, 0.1) is 5.69 Å². The Morgan fingerprint density at radius 3 is 2.94 bits per heavy atom. The van der Waals surface area contributed by atoms with E-state index in [1.807, 2.05) is 6.92 Å². The average molecular weight is 255 g/mol. The third-order valence-electron chi connectivity index (χ3n) is 1.97. The van der Waals surface area contributed by atoms with Crippen LogP contribution >= 0.6 is 23.1 Å². The molecule has 0 fully saturated rings. The average Bonchev–Trinajstić information content (AvgIpc) is 2.67. The maximum absolute atomic E-state index is 13.5. The van der Waals surface area contributed by atoms with Crippen molar-refractivity contribution in [3.05, 3.63) is 34.6 Å². The maximum atomic E-state index is 13.5. The van der Waals surface area contributed by atoms with Gasteiger partial charge in [-0.15, -0.1) is 10.2 Å². The van der Waals surface area contributed by atoms with Crippen LogP contribution in [0.3, 0.4) is 0 Å². The van der Waals surface area contributed by atoms with Gasteiger partial charge < -0.3 is 5.73 Å². The van der Waals surface area contributed by atoms with E-state index in [9.17, 15) is 4.39 Å². The van der Waals surface area contributed by atoms with Crippen molar-refractivity contribution in [1.29, 1.82) is 0 Å². The number of hydrogen-bond acceptors (Lipinski definition) is 5. The third kappa shape index (κ3) is 2.51. The third-order valence-corrected chi connectivity index (χ3v) is 3.99. The smallest absolute Gasteiger partial charge is 0.174 e. The summed E-state index contributed by atoms with van der Waals surface area (Å²) in [7, 11) is 0. The quantitative estimate of drug-likeness (QED) is 0.677. The highest BCUT2D eigenvalue weighted by Gasteiger charge is 2.07. The van der Waals surface area contributed by atoms with Gasteiger partial charge in [-0.2, -0.15) is 0 Å². The van der Waals surface area contributed by atoms with Crippen molar-refractivity contribution in [2.75, 3.05) is 5.73 Å². The second kappa shape index (κ2) is 4.80. The number of hydrogen-bond donors (Lipinski definition) is 1. The molecule has 0 unspecified atom stereocenters. The molecular formula is C10H10FN3S2. The van der Waals surface area contributed by atoms with Crippen LogP contribution in [-0.2, 0) is 5.75 Å². The lowest BCUT2D eigenvalue weighted by Gasteiger charge is -2.03. The molecule has 0 aliphatic rings. The molecule has 16 heavy (non-hydrogen) atoms. The first-order valence-corrected chi connectivity index (χ1v) is 6.43. The van der Waals surface area contributed by atoms with E-state index in [1.165, 1.54) is 23.1 Å². The van der Waals surface area contributed by atoms with Crippen LogP contribution < -0.4 is 5.73 Å². The monoisotopic (exact) mass is 255 g/mol. The van der Waals surface area contributed by atoms with Gasteiger partial charge in [0.1, 0.15) is 10.8 Å². The number of thioether (sulfide) groups is 1. The Bertz CT molecular complexity index is 499. The lowest BCUT2D eigenvalue weighted by molar-refractivity contribution is 0.622. The van der Waals surface area contributed by atoms with E-state index in [-0.39, 0.29) is 11.5 Å². The molecular weight excluding hydrogens is 245 g/mol. The Morgan fingerprint density at radius 2 is 2.25 bits per heavy atom. The summed E-state index contributed by atoms with van der Waals surface area (Å²) >= 11 is 2.97. The largest absolute Gasteiger partial charge is 0.396 e. The van der Waals surface area contributed by atoms with Gasteiger partial charge in [0.25, 0.3) is 0 Å². The Hall–Kier alpha value is -1.14. The Labute approximate surface area is 101 Å². The molecule has 1 aromatic heterocycles. The highest BCUT2D eigenvalue weighted by molar-refractivity contribution is 8.00. The number of nitrogen functional groups attached to an aromatic ring is 1. The van der Waals surface area contributed by atoms with Gasteiger partial charge in [-0.25, -0.2) is 4.39 Å². The predicted molar refractivity (Wildman–Crippen MR) is 65.0 cm³/mol. The number of aromatic nitrogens is 2. The van der Waals surface area contributed by atoms with Crippen molar-refractivity contribution in [3.63, 3.8) is 0 Å². The van der Waals surface area contributed by atoms with E-state index < -0.39 is 0 Å².